The van der Waals surface area contributed by atoms with Crippen LogP contribution >= 0.6 is 0 Å². The molecule has 0 aliphatic heterocycles. The van der Waals surface area contributed by atoms with Crippen molar-refractivity contribution in [2.75, 3.05) is 13.1 Å². The van der Waals surface area contributed by atoms with Crippen LogP contribution in [0.15, 0.2) is 97.1 Å². The Morgan fingerprint density at radius 3 is 1.47 bits per heavy atom. The average molecular weight is 501 g/mol. The molecule has 2 amide bonds. The lowest BCUT2D eigenvalue weighted by atomic mass is 10.1. The van der Waals surface area contributed by atoms with Crippen LogP contribution in [0.4, 0.5) is 0 Å². The van der Waals surface area contributed by atoms with Gasteiger partial charge in [0.05, 0.1) is 22.1 Å². The van der Waals surface area contributed by atoms with Crippen LogP contribution in [0.2, 0.25) is 0 Å². The van der Waals surface area contributed by atoms with Crippen LogP contribution in [0.1, 0.15) is 20.7 Å². The number of fused-ring (bicyclic) bond motifs is 2. The third-order valence-corrected chi connectivity index (χ3v) is 6.27. The monoisotopic (exact) mass is 500 g/mol. The van der Waals surface area contributed by atoms with Gasteiger partial charge in [0, 0.05) is 35.3 Å². The molecule has 4 N–H and O–H groups in total. The van der Waals surface area contributed by atoms with E-state index in [1.165, 1.54) is 0 Å². The first-order chi connectivity index (χ1) is 18.6. The molecule has 6 rings (SSSR count). The molecule has 8 nitrogen and oxygen atoms in total. The Bertz CT molecular complexity index is 1590. The van der Waals surface area contributed by atoms with E-state index in [1.807, 2.05) is 72.8 Å². The Labute approximate surface area is 218 Å². The highest BCUT2D eigenvalue weighted by molar-refractivity contribution is 5.96. The molecule has 0 fully saturated rings. The zero-order chi connectivity index (χ0) is 25.9. The molecule has 4 aromatic carbocycles. The number of amides is 2. The minimum atomic E-state index is -0.218. The molecule has 186 valence electrons. The minimum Gasteiger partial charge on any atom is -0.350 e. The van der Waals surface area contributed by atoms with Crippen LogP contribution in [0, 0.1) is 0 Å². The number of aromatic nitrogens is 4. The highest BCUT2D eigenvalue weighted by Gasteiger charge is 2.12. The van der Waals surface area contributed by atoms with E-state index in [-0.39, 0.29) is 11.8 Å². The van der Waals surface area contributed by atoms with Gasteiger partial charge in [-0.1, -0.05) is 48.5 Å². The smallest absolute Gasteiger partial charge is 0.251 e. The molecule has 6 aromatic rings. The van der Waals surface area contributed by atoms with Crippen molar-refractivity contribution >= 4 is 33.9 Å². The fraction of sp³-hybridized carbons (Fsp3) is 0.0667. The van der Waals surface area contributed by atoms with Crippen LogP contribution in [0.3, 0.4) is 0 Å². The number of para-hydroxylation sites is 4. The van der Waals surface area contributed by atoms with Crippen molar-refractivity contribution in [3.05, 3.63) is 108 Å². The zero-order valence-electron chi connectivity index (χ0n) is 20.4. The molecule has 0 unspecified atom stereocenters. The SMILES string of the molecule is O=C(NCCNC(=O)c1cccc(-c2nc3ccccc3[nH]2)c1)c1cccc(-c2nc3ccccc3[nH]2)c1. The van der Waals surface area contributed by atoms with Gasteiger partial charge in [0.15, 0.2) is 0 Å². The predicted molar refractivity (Wildman–Crippen MR) is 148 cm³/mol. The second-order valence-corrected chi connectivity index (χ2v) is 8.88. The van der Waals surface area contributed by atoms with Gasteiger partial charge in [0.1, 0.15) is 11.6 Å². The van der Waals surface area contributed by atoms with Crippen molar-refractivity contribution in [3.8, 4) is 22.8 Å². The Hall–Kier alpha value is -5.24. The fourth-order valence-electron chi connectivity index (χ4n) is 4.35. The molecule has 0 bridgehead atoms. The van der Waals surface area contributed by atoms with Gasteiger partial charge < -0.3 is 20.6 Å². The minimum absolute atomic E-state index is 0.218. The predicted octanol–water partition coefficient (Wildman–Crippen LogP) is 4.93. The van der Waals surface area contributed by atoms with Gasteiger partial charge in [-0.15, -0.1) is 0 Å². The van der Waals surface area contributed by atoms with E-state index in [1.54, 1.807) is 24.3 Å². The quantitative estimate of drug-likeness (QED) is 0.233. The lowest BCUT2D eigenvalue weighted by molar-refractivity contribution is 0.0927. The summed E-state index contributed by atoms with van der Waals surface area (Å²) in [5, 5.41) is 5.73. The van der Waals surface area contributed by atoms with Crippen molar-refractivity contribution in [2.45, 2.75) is 0 Å². The summed E-state index contributed by atoms with van der Waals surface area (Å²) in [7, 11) is 0. The lowest BCUT2D eigenvalue weighted by Gasteiger charge is -2.09. The third-order valence-electron chi connectivity index (χ3n) is 6.27. The lowest BCUT2D eigenvalue weighted by Crippen LogP contribution is -2.34. The van der Waals surface area contributed by atoms with Gasteiger partial charge in [-0.2, -0.15) is 0 Å². The summed E-state index contributed by atoms with van der Waals surface area (Å²) in [6, 6.07) is 30.2. The van der Waals surface area contributed by atoms with Gasteiger partial charge in [-0.3, -0.25) is 9.59 Å². The Morgan fingerprint density at radius 2 is 1.03 bits per heavy atom. The molecule has 38 heavy (non-hydrogen) atoms. The first kappa shape index (κ1) is 23.2. The van der Waals surface area contributed by atoms with Crippen molar-refractivity contribution in [2.24, 2.45) is 0 Å². The van der Waals surface area contributed by atoms with Crippen molar-refractivity contribution in [1.29, 1.82) is 0 Å². The fourth-order valence-corrected chi connectivity index (χ4v) is 4.35. The molecule has 8 heteroatoms. The van der Waals surface area contributed by atoms with E-state index in [2.05, 4.69) is 30.6 Å². The number of nitrogens with one attached hydrogen (secondary N) is 4. The van der Waals surface area contributed by atoms with E-state index in [9.17, 15) is 9.59 Å². The molecular formula is C30H24N6O2. The van der Waals surface area contributed by atoms with E-state index in [0.29, 0.717) is 35.9 Å². The van der Waals surface area contributed by atoms with E-state index in [4.69, 9.17) is 0 Å². The number of rotatable bonds is 7. The second kappa shape index (κ2) is 10.0. The van der Waals surface area contributed by atoms with Crippen molar-refractivity contribution in [3.63, 3.8) is 0 Å². The molecule has 0 saturated heterocycles. The van der Waals surface area contributed by atoms with Gasteiger partial charge in [-0.25, -0.2) is 9.97 Å². The van der Waals surface area contributed by atoms with Crippen LogP contribution in [0.25, 0.3) is 44.8 Å². The topological polar surface area (TPSA) is 116 Å². The number of aromatic amines is 2. The Morgan fingerprint density at radius 1 is 0.579 bits per heavy atom. The molecular weight excluding hydrogens is 476 g/mol. The van der Waals surface area contributed by atoms with Gasteiger partial charge >= 0.3 is 0 Å². The second-order valence-electron chi connectivity index (χ2n) is 8.88. The molecule has 0 radical (unpaired) electrons. The van der Waals surface area contributed by atoms with Crippen LogP contribution in [-0.4, -0.2) is 44.8 Å². The van der Waals surface area contributed by atoms with Gasteiger partial charge in [0.25, 0.3) is 11.8 Å². The van der Waals surface area contributed by atoms with Gasteiger partial charge in [0.2, 0.25) is 0 Å². The Balaban J connectivity index is 1.05. The third kappa shape index (κ3) is 4.75. The maximum absolute atomic E-state index is 12.7. The maximum Gasteiger partial charge on any atom is 0.251 e. The number of imidazole rings is 2. The van der Waals surface area contributed by atoms with Crippen molar-refractivity contribution in [1.82, 2.24) is 30.6 Å². The molecule has 2 heterocycles. The standard InChI is InChI=1S/C30H24N6O2/c37-29(21-9-5-7-19(17-21)27-33-23-11-1-2-12-24(23)34-27)31-15-16-32-30(38)22-10-6-8-20(18-22)28-35-25-13-3-4-14-26(25)36-28/h1-14,17-18H,15-16H2,(H,31,37)(H,32,38)(H,33,34)(H,35,36). The van der Waals surface area contributed by atoms with E-state index >= 15 is 0 Å². The van der Waals surface area contributed by atoms with E-state index < -0.39 is 0 Å². The van der Waals surface area contributed by atoms with Crippen LogP contribution in [-0.2, 0) is 0 Å². The summed E-state index contributed by atoms with van der Waals surface area (Å²) in [5.74, 6) is 0.976. The summed E-state index contributed by atoms with van der Waals surface area (Å²) in [6.07, 6.45) is 0. The number of benzene rings is 4. The molecule has 0 aliphatic carbocycles. The van der Waals surface area contributed by atoms with Crippen LogP contribution in [0.5, 0.6) is 0 Å². The summed E-state index contributed by atoms with van der Waals surface area (Å²) in [5.41, 5.74) is 6.32. The zero-order valence-corrected chi connectivity index (χ0v) is 20.4. The number of nitrogens with zero attached hydrogens (tertiary/aromatic N) is 2. The first-order valence-corrected chi connectivity index (χ1v) is 12.3. The number of H-pyrrole nitrogens is 2. The average Bonchev–Trinajstić information content (AvgIpc) is 3.60. The highest BCUT2D eigenvalue weighted by Crippen LogP contribution is 2.22. The number of carbonyl (C=O) groups excluding carboxylic acids is 2. The summed E-state index contributed by atoms with van der Waals surface area (Å²) in [6.45, 7) is 0.589. The highest BCUT2D eigenvalue weighted by atomic mass is 16.2. The number of carbonyl (C=O) groups is 2. The molecule has 0 saturated carbocycles. The normalized spacial score (nSPS) is 11.1. The van der Waals surface area contributed by atoms with Gasteiger partial charge in [-0.05, 0) is 48.5 Å². The molecule has 0 atom stereocenters. The maximum atomic E-state index is 12.7. The van der Waals surface area contributed by atoms with E-state index in [0.717, 1.165) is 33.2 Å². The van der Waals surface area contributed by atoms with Crippen molar-refractivity contribution < 1.29 is 9.59 Å². The number of hydrogen-bond acceptors (Lipinski definition) is 4. The first-order valence-electron chi connectivity index (χ1n) is 12.3. The molecule has 0 spiro atoms. The molecule has 2 aromatic heterocycles. The van der Waals surface area contributed by atoms with Crippen LogP contribution < -0.4 is 10.6 Å². The summed E-state index contributed by atoms with van der Waals surface area (Å²) >= 11 is 0. The largest absolute Gasteiger partial charge is 0.350 e. The Kier molecular flexibility index (Phi) is 6.11. The summed E-state index contributed by atoms with van der Waals surface area (Å²) in [4.78, 5) is 41.2. The molecule has 0 aliphatic rings. The number of hydrogen-bond donors (Lipinski definition) is 4. The summed E-state index contributed by atoms with van der Waals surface area (Å²) < 4.78 is 0.